The van der Waals surface area contributed by atoms with Crippen molar-refractivity contribution in [3.05, 3.63) is 12.3 Å². The van der Waals surface area contributed by atoms with Crippen LogP contribution < -0.4 is 10.6 Å². The Kier molecular flexibility index (Phi) is 6.09. The van der Waals surface area contributed by atoms with E-state index in [9.17, 15) is 4.79 Å². The van der Waals surface area contributed by atoms with Gasteiger partial charge in [0.2, 0.25) is 0 Å². The number of hydrogen-bond acceptors (Lipinski definition) is 1. The first-order valence-corrected chi connectivity index (χ1v) is 7.93. The Morgan fingerprint density at radius 1 is 1.10 bits per heavy atom. The molecule has 1 fully saturated rings. The van der Waals surface area contributed by atoms with Gasteiger partial charge in [-0.2, -0.15) is 0 Å². The Hall–Kier alpha value is -0.990. The van der Waals surface area contributed by atoms with Crippen LogP contribution in [0.3, 0.4) is 0 Å². The van der Waals surface area contributed by atoms with Gasteiger partial charge in [-0.25, -0.2) is 4.79 Å². The van der Waals surface area contributed by atoms with Crippen LogP contribution in [0.5, 0.6) is 0 Å². The second kappa shape index (κ2) is 7.14. The zero-order valence-electron chi connectivity index (χ0n) is 13.9. The van der Waals surface area contributed by atoms with E-state index in [2.05, 4.69) is 51.3 Å². The van der Waals surface area contributed by atoms with Crippen LogP contribution in [0.15, 0.2) is 12.3 Å². The van der Waals surface area contributed by atoms with E-state index in [1.54, 1.807) is 0 Å². The monoisotopic (exact) mass is 280 g/mol. The number of hydrogen-bond donors (Lipinski definition) is 2. The van der Waals surface area contributed by atoms with Gasteiger partial charge in [0.1, 0.15) is 0 Å². The largest absolute Gasteiger partial charge is 0.333 e. The molecule has 3 heteroatoms. The lowest BCUT2D eigenvalue weighted by molar-refractivity contribution is 0.213. The molecule has 2 amide bonds. The van der Waals surface area contributed by atoms with Gasteiger partial charge in [-0.15, -0.1) is 0 Å². The Balaban J connectivity index is 2.33. The van der Waals surface area contributed by atoms with Gasteiger partial charge < -0.3 is 10.6 Å². The fourth-order valence-electron chi connectivity index (χ4n) is 3.30. The minimum absolute atomic E-state index is 0.105. The number of nitrogens with one attached hydrogen (secondary N) is 2. The highest BCUT2D eigenvalue weighted by atomic mass is 16.2. The summed E-state index contributed by atoms with van der Waals surface area (Å²) in [7, 11) is 0. The molecule has 0 heterocycles. The van der Waals surface area contributed by atoms with Crippen molar-refractivity contribution in [3.8, 4) is 0 Å². The molecule has 2 N–H and O–H groups in total. The Labute approximate surface area is 124 Å². The van der Waals surface area contributed by atoms with Gasteiger partial charge in [-0.3, -0.25) is 0 Å². The molecule has 0 aromatic heterocycles. The molecule has 0 bridgehead atoms. The molecular formula is C17H32N2O. The van der Waals surface area contributed by atoms with Gasteiger partial charge in [0.05, 0.1) is 0 Å². The molecule has 0 unspecified atom stereocenters. The van der Waals surface area contributed by atoms with E-state index < -0.39 is 0 Å². The minimum Gasteiger partial charge on any atom is -0.333 e. The lowest BCUT2D eigenvalue weighted by atomic mass is 9.82. The minimum atomic E-state index is -0.193. The van der Waals surface area contributed by atoms with Crippen LogP contribution in [-0.4, -0.2) is 11.6 Å². The predicted molar refractivity (Wildman–Crippen MR) is 85.5 cm³/mol. The van der Waals surface area contributed by atoms with E-state index in [0.717, 1.165) is 6.42 Å². The number of carbonyl (C=O) groups excluding carboxylic acids is 1. The Morgan fingerprint density at radius 3 is 2.25 bits per heavy atom. The molecule has 0 spiro atoms. The number of allylic oxidation sites excluding steroid dienone is 1. The molecule has 1 aliphatic rings. The first-order valence-electron chi connectivity index (χ1n) is 7.93. The highest BCUT2D eigenvalue weighted by Gasteiger charge is 2.26. The summed E-state index contributed by atoms with van der Waals surface area (Å²) < 4.78 is 0. The quantitative estimate of drug-likeness (QED) is 0.776. The van der Waals surface area contributed by atoms with Crippen molar-refractivity contribution in [2.24, 2.45) is 11.3 Å². The van der Waals surface area contributed by atoms with Crippen LogP contribution in [0.25, 0.3) is 0 Å². The van der Waals surface area contributed by atoms with Crippen molar-refractivity contribution in [1.29, 1.82) is 0 Å². The molecule has 1 saturated carbocycles. The van der Waals surface area contributed by atoms with E-state index in [1.165, 1.54) is 32.1 Å². The molecule has 116 valence electrons. The van der Waals surface area contributed by atoms with Gasteiger partial charge in [-0.05, 0) is 44.4 Å². The molecule has 0 saturated heterocycles. The average molecular weight is 280 g/mol. The van der Waals surface area contributed by atoms with Gasteiger partial charge in [-0.1, -0.05) is 46.1 Å². The van der Waals surface area contributed by atoms with Gasteiger partial charge >= 0.3 is 6.03 Å². The Morgan fingerprint density at radius 2 is 1.70 bits per heavy atom. The topological polar surface area (TPSA) is 41.1 Å². The van der Waals surface area contributed by atoms with Gasteiger partial charge in [0.25, 0.3) is 0 Å². The third-order valence-electron chi connectivity index (χ3n) is 3.66. The Bertz CT molecular complexity index is 333. The average Bonchev–Trinajstić information content (AvgIpc) is 2.26. The standard InChI is InChI=1S/C17H32N2O/c1-16(2,3)13-17(4,5)19-15(20)18-12-11-14-9-7-6-8-10-14/h11-12,14H,6-10,13H2,1-5H3,(H2,18,19,20)/b12-11+. The van der Waals surface area contributed by atoms with Crippen LogP contribution >= 0.6 is 0 Å². The lowest BCUT2D eigenvalue weighted by Crippen LogP contribution is -2.48. The smallest absolute Gasteiger partial charge is 0.319 e. The summed E-state index contributed by atoms with van der Waals surface area (Å²) in [6, 6.07) is -0.105. The molecule has 0 aliphatic heterocycles. The summed E-state index contributed by atoms with van der Waals surface area (Å²) in [5.74, 6) is 0.645. The second-order valence-corrected chi connectivity index (χ2v) is 7.98. The van der Waals surface area contributed by atoms with Crippen LogP contribution in [0.1, 0.15) is 73.1 Å². The molecular weight excluding hydrogens is 248 g/mol. The van der Waals surface area contributed by atoms with Crippen molar-refractivity contribution in [3.63, 3.8) is 0 Å². The molecule has 20 heavy (non-hydrogen) atoms. The molecule has 3 nitrogen and oxygen atoms in total. The van der Waals surface area contributed by atoms with Crippen molar-refractivity contribution in [2.45, 2.75) is 78.7 Å². The molecule has 0 aromatic rings. The van der Waals surface area contributed by atoms with Gasteiger partial charge in [0, 0.05) is 11.7 Å². The number of amides is 2. The first kappa shape index (κ1) is 17.1. The molecule has 0 radical (unpaired) electrons. The highest BCUT2D eigenvalue weighted by molar-refractivity contribution is 5.75. The van der Waals surface area contributed by atoms with E-state index in [1.807, 2.05) is 6.20 Å². The van der Waals surface area contributed by atoms with Crippen LogP contribution in [0.2, 0.25) is 0 Å². The molecule has 0 atom stereocenters. The summed E-state index contributed by atoms with van der Waals surface area (Å²) in [4.78, 5) is 11.9. The summed E-state index contributed by atoms with van der Waals surface area (Å²) in [5, 5.41) is 5.89. The number of carbonyl (C=O) groups is 1. The third-order valence-corrected chi connectivity index (χ3v) is 3.66. The summed E-state index contributed by atoms with van der Waals surface area (Å²) in [6.45, 7) is 10.7. The maximum absolute atomic E-state index is 11.9. The van der Waals surface area contributed by atoms with Crippen molar-refractivity contribution < 1.29 is 4.79 Å². The predicted octanol–water partition coefficient (Wildman–Crippen LogP) is 4.59. The van der Waals surface area contributed by atoms with E-state index in [-0.39, 0.29) is 17.0 Å². The summed E-state index contributed by atoms with van der Waals surface area (Å²) in [5.41, 5.74) is 0.00965. The molecule has 1 aliphatic carbocycles. The highest BCUT2D eigenvalue weighted by Crippen LogP contribution is 2.26. The van der Waals surface area contributed by atoms with E-state index in [4.69, 9.17) is 0 Å². The third kappa shape index (κ3) is 7.56. The van der Waals surface area contributed by atoms with E-state index in [0.29, 0.717) is 5.92 Å². The second-order valence-electron chi connectivity index (χ2n) is 7.98. The zero-order chi connectivity index (χ0) is 15.2. The zero-order valence-corrected chi connectivity index (χ0v) is 13.9. The van der Waals surface area contributed by atoms with Crippen molar-refractivity contribution >= 4 is 6.03 Å². The summed E-state index contributed by atoms with van der Waals surface area (Å²) in [6.07, 6.45) is 11.4. The number of rotatable bonds is 4. The van der Waals surface area contributed by atoms with Crippen molar-refractivity contribution in [1.82, 2.24) is 10.6 Å². The maximum Gasteiger partial charge on any atom is 0.319 e. The lowest BCUT2D eigenvalue weighted by Gasteiger charge is -2.33. The van der Waals surface area contributed by atoms with Gasteiger partial charge in [0.15, 0.2) is 0 Å². The fraction of sp³-hybridized carbons (Fsp3) is 0.824. The SMILES string of the molecule is CC(C)(C)CC(C)(C)NC(=O)N/C=C/C1CCCCC1. The van der Waals surface area contributed by atoms with E-state index >= 15 is 0 Å². The van der Waals surface area contributed by atoms with Crippen molar-refractivity contribution in [2.75, 3.05) is 0 Å². The van der Waals surface area contributed by atoms with Crippen LogP contribution in [0.4, 0.5) is 4.79 Å². The first-order chi connectivity index (χ1) is 9.18. The van der Waals surface area contributed by atoms with Crippen LogP contribution in [0, 0.1) is 11.3 Å². The van der Waals surface area contributed by atoms with Crippen LogP contribution in [-0.2, 0) is 0 Å². The fourth-order valence-corrected chi connectivity index (χ4v) is 3.30. The molecule has 1 rings (SSSR count). The summed E-state index contributed by atoms with van der Waals surface area (Å²) >= 11 is 0. The molecule has 0 aromatic carbocycles. The normalized spacial score (nSPS) is 18.2. The maximum atomic E-state index is 11.9. The number of urea groups is 1.